The number of ether oxygens (including phenoxy) is 2. The third-order valence-electron chi connectivity index (χ3n) is 6.14. The van der Waals surface area contributed by atoms with Gasteiger partial charge in [0, 0.05) is 31.4 Å². The highest BCUT2D eigenvalue weighted by Gasteiger charge is 2.44. The van der Waals surface area contributed by atoms with Crippen LogP contribution in [0.4, 0.5) is 0 Å². The molecule has 156 valence electrons. The van der Waals surface area contributed by atoms with E-state index in [0.717, 1.165) is 55.8 Å². The second-order valence-electron chi connectivity index (χ2n) is 7.84. The maximum absolute atomic E-state index is 13.3. The normalized spacial score (nSPS) is 19.6. The smallest absolute Gasteiger partial charge is 0.240 e. The summed E-state index contributed by atoms with van der Waals surface area (Å²) in [5.74, 6) is 0.906. The van der Waals surface area contributed by atoms with Crippen molar-refractivity contribution >= 4 is 5.91 Å². The maximum atomic E-state index is 13.3. The van der Waals surface area contributed by atoms with Gasteiger partial charge in [0.2, 0.25) is 5.91 Å². The van der Waals surface area contributed by atoms with Gasteiger partial charge in [-0.3, -0.25) is 9.69 Å². The molecule has 2 aromatic rings. The van der Waals surface area contributed by atoms with Crippen molar-refractivity contribution in [3.05, 3.63) is 42.2 Å². The lowest BCUT2D eigenvalue weighted by atomic mass is 9.79. The van der Waals surface area contributed by atoms with Crippen LogP contribution in [0.25, 0.3) is 5.69 Å². The SMILES string of the molecule is COc1ccccc1-n1cc(CNC(=O)C2(N3CCOCC3)CCCCC2)cn1. The predicted molar refractivity (Wildman–Crippen MR) is 110 cm³/mol. The largest absolute Gasteiger partial charge is 0.494 e. The van der Waals surface area contributed by atoms with Crippen molar-refractivity contribution in [1.82, 2.24) is 20.0 Å². The Kier molecular flexibility index (Phi) is 6.16. The lowest BCUT2D eigenvalue weighted by Gasteiger charge is -2.46. The zero-order chi connectivity index (χ0) is 20.1. The van der Waals surface area contributed by atoms with E-state index in [0.29, 0.717) is 19.8 Å². The topological polar surface area (TPSA) is 68.6 Å². The zero-order valence-corrected chi connectivity index (χ0v) is 17.1. The summed E-state index contributed by atoms with van der Waals surface area (Å²) < 4.78 is 12.7. The first kappa shape index (κ1) is 19.9. The van der Waals surface area contributed by atoms with Gasteiger partial charge in [0.05, 0.1) is 26.5 Å². The molecule has 1 aromatic carbocycles. The summed E-state index contributed by atoms with van der Waals surface area (Å²) in [6, 6.07) is 7.76. The zero-order valence-electron chi connectivity index (χ0n) is 17.1. The fraction of sp³-hybridized carbons (Fsp3) is 0.545. The summed E-state index contributed by atoms with van der Waals surface area (Å²) in [5.41, 5.74) is 1.46. The van der Waals surface area contributed by atoms with E-state index in [9.17, 15) is 4.79 Å². The van der Waals surface area contributed by atoms with E-state index in [4.69, 9.17) is 9.47 Å². The lowest BCUT2D eigenvalue weighted by Crippen LogP contribution is -2.62. The number of nitrogens with zero attached hydrogens (tertiary/aromatic N) is 3. The van der Waals surface area contributed by atoms with Crippen molar-refractivity contribution in [3.63, 3.8) is 0 Å². The van der Waals surface area contributed by atoms with Crippen LogP contribution in [0.2, 0.25) is 0 Å². The molecule has 0 atom stereocenters. The molecule has 1 aliphatic carbocycles. The molecular weight excluding hydrogens is 368 g/mol. The number of nitrogens with one attached hydrogen (secondary N) is 1. The number of rotatable bonds is 6. The minimum absolute atomic E-state index is 0.143. The number of benzene rings is 1. The second kappa shape index (κ2) is 8.97. The van der Waals surface area contributed by atoms with Crippen LogP contribution >= 0.6 is 0 Å². The third kappa shape index (κ3) is 4.16. The molecule has 4 rings (SSSR count). The van der Waals surface area contributed by atoms with Crippen LogP contribution in [-0.4, -0.2) is 59.5 Å². The molecule has 1 N–H and O–H groups in total. The highest BCUT2D eigenvalue weighted by Crippen LogP contribution is 2.34. The van der Waals surface area contributed by atoms with Gasteiger partial charge in [0.15, 0.2) is 0 Å². The van der Waals surface area contributed by atoms with E-state index < -0.39 is 0 Å². The number of hydrogen-bond donors (Lipinski definition) is 1. The molecule has 1 saturated carbocycles. The van der Waals surface area contributed by atoms with Gasteiger partial charge in [0.25, 0.3) is 0 Å². The van der Waals surface area contributed by atoms with Crippen LogP contribution in [0.5, 0.6) is 5.75 Å². The van der Waals surface area contributed by atoms with Crippen LogP contribution in [0.15, 0.2) is 36.7 Å². The Balaban J connectivity index is 1.45. The number of aromatic nitrogens is 2. The van der Waals surface area contributed by atoms with Gasteiger partial charge in [-0.15, -0.1) is 0 Å². The van der Waals surface area contributed by atoms with Crippen LogP contribution < -0.4 is 10.1 Å². The first-order chi connectivity index (χ1) is 14.2. The molecule has 2 fully saturated rings. The molecule has 0 unspecified atom stereocenters. The molecule has 29 heavy (non-hydrogen) atoms. The Morgan fingerprint density at radius 3 is 2.72 bits per heavy atom. The minimum Gasteiger partial charge on any atom is -0.494 e. The Morgan fingerprint density at radius 1 is 1.21 bits per heavy atom. The fourth-order valence-electron chi connectivity index (χ4n) is 4.56. The number of para-hydroxylation sites is 2. The Labute approximate surface area is 172 Å². The van der Waals surface area contributed by atoms with Crippen molar-refractivity contribution in [2.75, 3.05) is 33.4 Å². The minimum atomic E-state index is -0.388. The lowest BCUT2D eigenvalue weighted by molar-refractivity contribution is -0.140. The average molecular weight is 399 g/mol. The average Bonchev–Trinajstić information content (AvgIpc) is 3.27. The van der Waals surface area contributed by atoms with Crippen molar-refractivity contribution in [1.29, 1.82) is 0 Å². The molecule has 1 amide bonds. The first-order valence-electron chi connectivity index (χ1n) is 10.5. The molecule has 7 heteroatoms. The molecule has 0 spiro atoms. The number of hydrogen-bond acceptors (Lipinski definition) is 5. The standard InChI is InChI=1S/C22H30N4O3/c1-28-20-8-4-3-7-19(20)26-17-18(16-24-26)15-23-21(27)22(9-5-2-6-10-22)25-11-13-29-14-12-25/h3-4,7-8,16-17H,2,5-6,9-15H2,1H3,(H,23,27). The number of morpholine rings is 1. The Bertz CT molecular complexity index is 823. The van der Waals surface area contributed by atoms with Crippen LogP contribution in [-0.2, 0) is 16.1 Å². The Morgan fingerprint density at radius 2 is 1.97 bits per heavy atom. The summed E-state index contributed by atoms with van der Waals surface area (Å²) >= 11 is 0. The summed E-state index contributed by atoms with van der Waals surface area (Å²) in [7, 11) is 1.65. The number of amides is 1. The van der Waals surface area contributed by atoms with Gasteiger partial charge in [-0.05, 0) is 25.0 Å². The number of carbonyl (C=O) groups excluding carboxylic acids is 1. The molecule has 1 aromatic heterocycles. The third-order valence-corrected chi connectivity index (χ3v) is 6.14. The molecule has 1 saturated heterocycles. The number of methoxy groups -OCH3 is 1. The summed E-state index contributed by atoms with van der Waals surface area (Å²) in [5, 5.41) is 7.65. The fourth-order valence-corrected chi connectivity index (χ4v) is 4.56. The Hall–Kier alpha value is -2.38. The molecule has 1 aliphatic heterocycles. The van der Waals surface area contributed by atoms with Gasteiger partial charge in [-0.1, -0.05) is 31.4 Å². The molecule has 0 bridgehead atoms. The maximum Gasteiger partial charge on any atom is 0.240 e. The van der Waals surface area contributed by atoms with Crippen molar-refractivity contribution in [2.45, 2.75) is 44.2 Å². The summed E-state index contributed by atoms with van der Waals surface area (Å²) in [4.78, 5) is 15.7. The van der Waals surface area contributed by atoms with Gasteiger partial charge in [-0.25, -0.2) is 4.68 Å². The predicted octanol–water partition coefficient (Wildman–Crippen LogP) is 2.53. The van der Waals surface area contributed by atoms with E-state index in [1.54, 1.807) is 18.0 Å². The molecule has 2 heterocycles. The van der Waals surface area contributed by atoms with Gasteiger partial charge in [-0.2, -0.15) is 5.10 Å². The van der Waals surface area contributed by atoms with Crippen molar-refractivity contribution < 1.29 is 14.3 Å². The highest BCUT2D eigenvalue weighted by atomic mass is 16.5. The second-order valence-corrected chi connectivity index (χ2v) is 7.84. The molecular formula is C22H30N4O3. The highest BCUT2D eigenvalue weighted by molar-refractivity contribution is 5.86. The van der Waals surface area contributed by atoms with Crippen LogP contribution in [0.1, 0.15) is 37.7 Å². The molecule has 2 aliphatic rings. The van der Waals surface area contributed by atoms with E-state index in [-0.39, 0.29) is 11.4 Å². The summed E-state index contributed by atoms with van der Waals surface area (Å²) in [6.07, 6.45) is 9.03. The van der Waals surface area contributed by atoms with Crippen molar-refractivity contribution in [2.24, 2.45) is 0 Å². The van der Waals surface area contributed by atoms with E-state index >= 15 is 0 Å². The van der Waals surface area contributed by atoms with Crippen LogP contribution in [0.3, 0.4) is 0 Å². The van der Waals surface area contributed by atoms with E-state index in [2.05, 4.69) is 15.3 Å². The molecule has 0 radical (unpaired) electrons. The van der Waals surface area contributed by atoms with Gasteiger partial charge in [0.1, 0.15) is 17.0 Å². The summed E-state index contributed by atoms with van der Waals surface area (Å²) in [6.45, 7) is 3.56. The first-order valence-corrected chi connectivity index (χ1v) is 10.5. The van der Waals surface area contributed by atoms with Gasteiger partial charge >= 0.3 is 0 Å². The van der Waals surface area contributed by atoms with Crippen LogP contribution in [0, 0.1) is 0 Å². The van der Waals surface area contributed by atoms with Crippen molar-refractivity contribution in [3.8, 4) is 11.4 Å². The van der Waals surface area contributed by atoms with Gasteiger partial charge < -0.3 is 14.8 Å². The van der Waals surface area contributed by atoms with E-state index in [1.807, 2.05) is 30.5 Å². The van der Waals surface area contributed by atoms with E-state index in [1.165, 1.54) is 6.42 Å². The number of carbonyl (C=O) groups is 1. The molecule has 7 nitrogen and oxygen atoms in total. The quantitative estimate of drug-likeness (QED) is 0.810. The monoisotopic (exact) mass is 398 g/mol.